The van der Waals surface area contributed by atoms with E-state index in [-0.39, 0.29) is 18.1 Å². The molecule has 1 amide bonds. The van der Waals surface area contributed by atoms with E-state index in [1.54, 1.807) is 17.8 Å². The molecule has 0 aromatic carbocycles. The van der Waals surface area contributed by atoms with E-state index >= 15 is 0 Å². The largest absolute Gasteiger partial charge is 0.387 e. The Morgan fingerprint density at radius 3 is 3.18 bits per heavy atom. The first-order valence-electron chi connectivity index (χ1n) is 5.29. The minimum absolute atomic E-state index is 0.257. The molecule has 0 radical (unpaired) electrons. The first-order valence-corrected chi connectivity index (χ1v) is 6.82. The first kappa shape index (κ1) is 12.7. The quantitative estimate of drug-likeness (QED) is 0.872. The van der Waals surface area contributed by atoms with Gasteiger partial charge in [-0.1, -0.05) is 11.6 Å². The lowest BCUT2D eigenvalue weighted by molar-refractivity contribution is 0.0611. The van der Waals surface area contributed by atoms with E-state index in [4.69, 9.17) is 11.6 Å². The van der Waals surface area contributed by atoms with Crippen LogP contribution in [0.2, 0.25) is 5.02 Å². The van der Waals surface area contributed by atoms with Gasteiger partial charge in [0.15, 0.2) is 0 Å². The van der Waals surface area contributed by atoms with Gasteiger partial charge >= 0.3 is 0 Å². The summed E-state index contributed by atoms with van der Waals surface area (Å²) >= 11 is 7.46. The average molecular weight is 273 g/mol. The standard InChI is InChI=1S/C11H13ClN2O2S/c12-8-1-3-13-9(5-8)10(15)14-6-11(16)2-4-17-7-11/h1,3,5,16H,2,4,6-7H2,(H,14,15). The summed E-state index contributed by atoms with van der Waals surface area (Å²) in [5.74, 6) is 1.29. The second-order valence-electron chi connectivity index (χ2n) is 4.07. The van der Waals surface area contributed by atoms with Gasteiger partial charge in [0.05, 0.1) is 5.60 Å². The molecule has 1 saturated heterocycles. The highest BCUT2D eigenvalue weighted by Gasteiger charge is 2.32. The molecule has 1 aliphatic heterocycles. The maximum atomic E-state index is 11.7. The molecule has 0 aliphatic carbocycles. The van der Waals surface area contributed by atoms with Gasteiger partial charge in [-0.25, -0.2) is 0 Å². The number of nitrogens with zero attached hydrogens (tertiary/aromatic N) is 1. The summed E-state index contributed by atoms with van der Waals surface area (Å²) in [5.41, 5.74) is -0.509. The molecule has 2 N–H and O–H groups in total. The fourth-order valence-corrected chi connectivity index (χ4v) is 3.05. The molecule has 1 fully saturated rings. The predicted octanol–water partition coefficient (Wildman–Crippen LogP) is 1.33. The van der Waals surface area contributed by atoms with Crippen molar-refractivity contribution in [2.75, 3.05) is 18.1 Å². The summed E-state index contributed by atoms with van der Waals surface area (Å²) in [7, 11) is 0. The number of halogens is 1. The van der Waals surface area contributed by atoms with E-state index in [1.165, 1.54) is 12.3 Å². The number of hydrogen-bond donors (Lipinski definition) is 2. The fourth-order valence-electron chi connectivity index (χ4n) is 1.60. The molecule has 6 heteroatoms. The Bertz CT molecular complexity index is 422. The van der Waals surface area contributed by atoms with Crippen molar-refractivity contribution in [3.8, 4) is 0 Å². The van der Waals surface area contributed by atoms with Crippen LogP contribution in [-0.4, -0.2) is 39.6 Å². The second kappa shape index (κ2) is 5.25. The zero-order valence-corrected chi connectivity index (χ0v) is 10.7. The topological polar surface area (TPSA) is 62.2 Å². The van der Waals surface area contributed by atoms with E-state index in [1.807, 2.05) is 0 Å². The van der Waals surface area contributed by atoms with E-state index in [2.05, 4.69) is 10.3 Å². The van der Waals surface area contributed by atoms with Crippen molar-refractivity contribution < 1.29 is 9.90 Å². The van der Waals surface area contributed by atoms with Gasteiger partial charge in [-0.15, -0.1) is 0 Å². The fraction of sp³-hybridized carbons (Fsp3) is 0.455. The third-order valence-electron chi connectivity index (χ3n) is 2.62. The predicted molar refractivity (Wildman–Crippen MR) is 68.5 cm³/mol. The SMILES string of the molecule is O=C(NCC1(O)CCSC1)c1cc(Cl)ccn1. The number of carbonyl (C=O) groups excluding carboxylic acids is 1. The van der Waals surface area contributed by atoms with Crippen molar-refractivity contribution in [2.45, 2.75) is 12.0 Å². The van der Waals surface area contributed by atoms with Gasteiger partial charge in [-0.05, 0) is 24.3 Å². The highest BCUT2D eigenvalue weighted by atomic mass is 35.5. The van der Waals surface area contributed by atoms with E-state index in [9.17, 15) is 9.90 Å². The molecule has 1 unspecified atom stereocenters. The highest BCUT2D eigenvalue weighted by molar-refractivity contribution is 7.99. The number of carbonyl (C=O) groups is 1. The van der Waals surface area contributed by atoms with Crippen LogP contribution in [-0.2, 0) is 0 Å². The summed E-state index contributed by atoms with van der Waals surface area (Å²) in [5, 5.41) is 13.2. The minimum Gasteiger partial charge on any atom is -0.387 e. The number of rotatable bonds is 3. The van der Waals surface area contributed by atoms with Gasteiger partial charge in [0.2, 0.25) is 0 Å². The molecule has 1 aromatic heterocycles. The van der Waals surface area contributed by atoms with Crippen LogP contribution in [0.3, 0.4) is 0 Å². The number of nitrogens with one attached hydrogen (secondary N) is 1. The summed E-state index contributed by atoms with van der Waals surface area (Å²) in [6, 6.07) is 3.11. The zero-order chi connectivity index (χ0) is 12.3. The van der Waals surface area contributed by atoms with Crippen LogP contribution in [0.5, 0.6) is 0 Å². The van der Waals surface area contributed by atoms with Crippen molar-refractivity contribution in [1.82, 2.24) is 10.3 Å². The Hall–Kier alpha value is -0.780. The van der Waals surface area contributed by atoms with Crippen LogP contribution in [0.1, 0.15) is 16.9 Å². The van der Waals surface area contributed by atoms with Crippen LogP contribution in [0, 0.1) is 0 Å². The van der Waals surface area contributed by atoms with Gasteiger partial charge in [0.1, 0.15) is 5.69 Å². The maximum absolute atomic E-state index is 11.7. The number of amides is 1. The lowest BCUT2D eigenvalue weighted by Gasteiger charge is -2.21. The van der Waals surface area contributed by atoms with Crippen LogP contribution in [0.4, 0.5) is 0 Å². The Morgan fingerprint density at radius 2 is 2.53 bits per heavy atom. The van der Waals surface area contributed by atoms with Crippen molar-refractivity contribution in [1.29, 1.82) is 0 Å². The maximum Gasteiger partial charge on any atom is 0.270 e. The van der Waals surface area contributed by atoms with Crippen LogP contribution < -0.4 is 5.32 Å². The normalized spacial score (nSPS) is 23.6. The van der Waals surface area contributed by atoms with Crippen molar-refractivity contribution in [3.05, 3.63) is 29.0 Å². The number of pyridine rings is 1. The van der Waals surface area contributed by atoms with E-state index in [0.29, 0.717) is 17.2 Å². The molecule has 0 spiro atoms. The summed E-state index contributed by atoms with van der Waals surface area (Å²) in [6.07, 6.45) is 2.19. The number of aliphatic hydroxyl groups is 1. The summed E-state index contributed by atoms with van der Waals surface area (Å²) < 4.78 is 0. The molecule has 2 heterocycles. The van der Waals surface area contributed by atoms with Gasteiger partial charge in [-0.2, -0.15) is 11.8 Å². The van der Waals surface area contributed by atoms with Gasteiger partial charge < -0.3 is 10.4 Å². The molecule has 0 saturated carbocycles. The molecule has 0 bridgehead atoms. The van der Waals surface area contributed by atoms with Crippen molar-refractivity contribution in [2.24, 2.45) is 0 Å². The third kappa shape index (κ3) is 3.34. The van der Waals surface area contributed by atoms with Crippen molar-refractivity contribution in [3.63, 3.8) is 0 Å². The molecule has 1 aliphatic rings. The first-order chi connectivity index (χ1) is 8.09. The minimum atomic E-state index is -0.779. The van der Waals surface area contributed by atoms with Crippen LogP contribution in [0.25, 0.3) is 0 Å². The molecular weight excluding hydrogens is 260 g/mol. The Kier molecular flexibility index (Phi) is 3.91. The molecule has 92 valence electrons. The van der Waals surface area contributed by atoms with E-state index in [0.717, 1.165) is 5.75 Å². The zero-order valence-electron chi connectivity index (χ0n) is 9.15. The molecule has 17 heavy (non-hydrogen) atoms. The summed E-state index contributed by atoms with van der Waals surface area (Å²) in [6.45, 7) is 0.257. The lowest BCUT2D eigenvalue weighted by Crippen LogP contribution is -2.43. The number of hydrogen-bond acceptors (Lipinski definition) is 4. The average Bonchev–Trinajstić information content (AvgIpc) is 2.74. The van der Waals surface area contributed by atoms with Gasteiger partial charge in [0.25, 0.3) is 5.91 Å². The smallest absolute Gasteiger partial charge is 0.270 e. The molecule has 1 aromatic rings. The van der Waals surface area contributed by atoms with Crippen LogP contribution >= 0.6 is 23.4 Å². The van der Waals surface area contributed by atoms with E-state index < -0.39 is 5.60 Å². The monoisotopic (exact) mass is 272 g/mol. The van der Waals surface area contributed by atoms with Crippen LogP contribution in [0.15, 0.2) is 18.3 Å². The molecule has 2 rings (SSSR count). The molecule has 4 nitrogen and oxygen atoms in total. The highest BCUT2D eigenvalue weighted by Crippen LogP contribution is 2.27. The Labute approximate surface area is 109 Å². The second-order valence-corrected chi connectivity index (χ2v) is 5.61. The Morgan fingerprint density at radius 1 is 1.71 bits per heavy atom. The summed E-state index contributed by atoms with van der Waals surface area (Å²) in [4.78, 5) is 15.7. The molecular formula is C11H13ClN2O2S. The number of aromatic nitrogens is 1. The molecule has 1 atom stereocenters. The van der Waals surface area contributed by atoms with Gasteiger partial charge in [0, 0.05) is 23.5 Å². The van der Waals surface area contributed by atoms with Gasteiger partial charge in [-0.3, -0.25) is 9.78 Å². The van der Waals surface area contributed by atoms with Crippen molar-refractivity contribution >= 4 is 29.3 Å². The lowest BCUT2D eigenvalue weighted by atomic mass is 10.0. The number of thioether (sulfide) groups is 1. The Balaban J connectivity index is 1.93. The third-order valence-corrected chi connectivity index (χ3v) is 4.08.